The fourth-order valence-corrected chi connectivity index (χ4v) is 1.48. The van der Waals surface area contributed by atoms with E-state index in [2.05, 4.69) is 23.4 Å². The first-order valence-corrected chi connectivity index (χ1v) is 5.86. The number of allylic oxidation sites excluding steroid dienone is 4. The molecule has 18 heavy (non-hydrogen) atoms. The van der Waals surface area contributed by atoms with E-state index in [1.165, 1.54) is 0 Å². The van der Waals surface area contributed by atoms with Gasteiger partial charge in [0.15, 0.2) is 5.69 Å². The summed E-state index contributed by atoms with van der Waals surface area (Å²) >= 11 is 0. The highest BCUT2D eigenvalue weighted by molar-refractivity contribution is 5.87. The molecule has 0 aliphatic heterocycles. The van der Waals surface area contributed by atoms with Gasteiger partial charge in [-0.25, -0.2) is 4.79 Å². The molecule has 0 amide bonds. The van der Waals surface area contributed by atoms with Crippen molar-refractivity contribution in [3.05, 3.63) is 54.4 Å². The van der Waals surface area contributed by atoms with Crippen LogP contribution in [0, 0.1) is 0 Å². The van der Waals surface area contributed by atoms with Crippen LogP contribution in [-0.4, -0.2) is 22.8 Å². The van der Waals surface area contributed by atoms with Crippen LogP contribution in [0.15, 0.2) is 43.0 Å². The minimum absolute atomic E-state index is 0.319. The highest BCUT2D eigenvalue weighted by atomic mass is 16.5. The van der Waals surface area contributed by atoms with E-state index in [9.17, 15) is 4.79 Å². The Morgan fingerprint density at radius 3 is 2.94 bits per heavy atom. The molecule has 4 heteroatoms. The number of nitrogens with zero attached hydrogens (tertiary/aromatic N) is 1. The van der Waals surface area contributed by atoms with Gasteiger partial charge in [0.05, 0.1) is 6.61 Å². The highest BCUT2D eigenvalue weighted by Gasteiger charge is 2.10. The van der Waals surface area contributed by atoms with Crippen LogP contribution in [0.3, 0.4) is 0 Å². The van der Waals surface area contributed by atoms with E-state index in [0.717, 1.165) is 24.1 Å². The molecule has 0 aliphatic rings. The second kappa shape index (κ2) is 7.27. The maximum absolute atomic E-state index is 11.4. The van der Waals surface area contributed by atoms with Crippen LogP contribution < -0.4 is 0 Å². The Hall–Kier alpha value is -2.10. The summed E-state index contributed by atoms with van der Waals surface area (Å²) in [7, 11) is 0. The fraction of sp³-hybridized carbons (Fsp3) is 0.286. The molecular weight excluding hydrogens is 228 g/mol. The molecule has 96 valence electrons. The first kappa shape index (κ1) is 14.0. The number of aryl methyl sites for hydroxylation is 1. The van der Waals surface area contributed by atoms with Gasteiger partial charge in [-0.1, -0.05) is 31.4 Å². The quantitative estimate of drug-likeness (QED) is 0.594. The number of aromatic amines is 1. The molecule has 0 atom stereocenters. The number of esters is 1. The topological polar surface area (TPSA) is 55.0 Å². The van der Waals surface area contributed by atoms with Crippen molar-refractivity contribution in [3.8, 4) is 0 Å². The van der Waals surface area contributed by atoms with Crippen molar-refractivity contribution < 1.29 is 9.53 Å². The summed E-state index contributed by atoms with van der Waals surface area (Å²) in [4.78, 5) is 11.4. The maximum Gasteiger partial charge on any atom is 0.358 e. The Morgan fingerprint density at radius 1 is 1.56 bits per heavy atom. The van der Waals surface area contributed by atoms with Gasteiger partial charge in [-0.05, 0) is 31.4 Å². The molecule has 0 saturated carbocycles. The van der Waals surface area contributed by atoms with Crippen LogP contribution in [0.1, 0.15) is 29.5 Å². The lowest BCUT2D eigenvalue weighted by Gasteiger charge is -1.98. The zero-order valence-corrected chi connectivity index (χ0v) is 10.6. The summed E-state index contributed by atoms with van der Waals surface area (Å²) in [5.74, 6) is -0.398. The molecule has 0 spiro atoms. The predicted molar refractivity (Wildman–Crippen MR) is 71.3 cm³/mol. The van der Waals surface area contributed by atoms with Crippen LogP contribution in [0.4, 0.5) is 0 Å². The van der Waals surface area contributed by atoms with Gasteiger partial charge >= 0.3 is 5.97 Å². The van der Waals surface area contributed by atoms with Crippen molar-refractivity contribution in [3.63, 3.8) is 0 Å². The van der Waals surface area contributed by atoms with Crippen LogP contribution in [-0.2, 0) is 11.2 Å². The molecule has 1 N–H and O–H groups in total. The Kier molecular flexibility index (Phi) is 5.64. The minimum atomic E-state index is -0.398. The van der Waals surface area contributed by atoms with E-state index in [1.807, 2.05) is 6.08 Å². The number of hydrogen-bond acceptors (Lipinski definition) is 3. The molecule has 0 fully saturated rings. The van der Waals surface area contributed by atoms with Crippen molar-refractivity contribution in [2.24, 2.45) is 0 Å². The normalized spacial score (nSPS) is 11.1. The van der Waals surface area contributed by atoms with Gasteiger partial charge in [-0.2, -0.15) is 5.10 Å². The van der Waals surface area contributed by atoms with Crippen LogP contribution in [0.5, 0.6) is 0 Å². The third-order valence-corrected chi connectivity index (χ3v) is 2.39. The zero-order chi connectivity index (χ0) is 13.4. The highest BCUT2D eigenvalue weighted by Crippen LogP contribution is 2.10. The molecule has 0 bridgehead atoms. The first-order chi connectivity index (χ1) is 8.71. The molecular formula is C14H18N2O2. The van der Waals surface area contributed by atoms with E-state index in [-0.39, 0.29) is 0 Å². The van der Waals surface area contributed by atoms with Crippen molar-refractivity contribution in [2.45, 2.75) is 19.8 Å². The lowest BCUT2D eigenvalue weighted by molar-refractivity contribution is 0.0519. The number of hydrogen-bond donors (Lipinski definition) is 1. The first-order valence-electron chi connectivity index (χ1n) is 5.86. The van der Waals surface area contributed by atoms with E-state index in [0.29, 0.717) is 12.3 Å². The molecule has 1 aromatic heterocycles. The third-order valence-electron chi connectivity index (χ3n) is 2.39. The summed E-state index contributed by atoms with van der Waals surface area (Å²) in [6.45, 7) is 9.50. The number of aromatic nitrogens is 2. The van der Waals surface area contributed by atoms with Crippen LogP contribution in [0.25, 0.3) is 0 Å². The Labute approximate surface area is 107 Å². The number of nitrogens with one attached hydrogen (secondary N) is 1. The second-order valence-electron chi connectivity index (χ2n) is 3.68. The van der Waals surface area contributed by atoms with Gasteiger partial charge < -0.3 is 4.74 Å². The maximum atomic E-state index is 11.4. The molecule has 0 aromatic carbocycles. The van der Waals surface area contributed by atoms with Crippen molar-refractivity contribution in [1.82, 2.24) is 10.2 Å². The summed E-state index contributed by atoms with van der Waals surface area (Å²) < 4.78 is 4.86. The number of carbonyl (C=O) groups excluding carboxylic acids is 1. The van der Waals surface area contributed by atoms with Gasteiger partial charge in [0.2, 0.25) is 0 Å². The van der Waals surface area contributed by atoms with Crippen LogP contribution in [0.2, 0.25) is 0 Å². The number of rotatable bonds is 7. The largest absolute Gasteiger partial charge is 0.461 e. The molecule has 0 saturated heterocycles. The number of H-pyrrole nitrogens is 1. The number of carbonyl (C=O) groups is 1. The van der Waals surface area contributed by atoms with Gasteiger partial charge in [0.1, 0.15) is 0 Å². The van der Waals surface area contributed by atoms with E-state index >= 15 is 0 Å². The zero-order valence-electron chi connectivity index (χ0n) is 10.6. The fourth-order valence-electron chi connectivity index (χ4n) is 1.48. The van der Waals surface area contributed by atoms with E-state index < -0.39 is 5.97 Å². The third kappa shape index (κ3) is 4.05. The Morgan fingerprint density at radius 2 is 2.33 bits per heavy atom. The van der Waals surface area contributed by atoms with E-state index in [4.69, 9.17) is 4.74 Å². The Bertz CT molecular complexity index is 458. The standard InChI is InChI=1S/C14H18N2O2/c1-4-7-11(5-2)8-9-12-10-13(16-15-12)14(17)18-6-3/h4-5,7,10H,1-2,6,8-9H2,3H3,(H,15,16)/b11-7+. The molecule has 1 rings (SSSR count). The van der Waals surface area contributed by atoms with Crippen LogP contribution >= 0.6 is 0 Å². The summed E-state index contributed by atoms with van der Waals surface area (Å²) in [5, 5.41) is 6.75. The van der Waals surface area contributed by atoms with Crippen molar-refractivity contribution >= 4 is 5.97 Å². The van der Waals surface area contributed by atoms with Gasteiger partial charge in [-0.15, -0.1) is 0 Å². The lowest BCUT2D eigenvalue weighted by Crippen LogP contribution is -2.04. The Balaban J connectivity index is 2.59. The minimum Gasteiger partial charge on any atom is -0.461 e. The lowest BCUT2D eigenvalue weighted by atomic mass is 10.1. The average Bonchev–Trinajstić information content (AvgIpc) is 2.83. The molecule has 1 heterocycles. The van der Waals surface area contributed by atoms with Crippen molar-refractivity contribution in [2.75, 3.05) is 6.61 Å². The van der Waals surface area contributed by atoms with E-state index in [1.54, 1.807) is 25.1 Å². The van der Waals surface area contributed by atoms with Crippen molar-refractivity contribution in [1.29, 1.82) is 0 Å². The summed E-state index contributed by atoms with van der Waals surface area (Å²) in [6.07, 6.45) is 7.02. The monoisotopic (exact) mass is 246 g/mol. The molecule has 1 aromatic rings. The smallest absolute Gasteiger partial charge is 0.358 e. The molecule has 4 nitrogen and oxygen atoms in total. The molecule has 0 radical (unpaired) electrons. The van der Waals surface area contributed by atoms with Gasteiger partial charge in [0, 0.05) is 5.69 Å². The van der Waals surface area contributed by atoms with Gasteiger partial charge in [0.25, 0.3) is 0 Å². The molecule has 0 aliphatic carbocycles. The average molecular weight is 246 g/mol. The summed E-state index contributed by atoms with van der Waals surface area (Å²) in [5.41, 5.74) is 2.31. The number of ether oxygens (including phenoxy) is 1. The van der Waals surface area contributed by atoms with Gasteiger partial charge in [-0.3, -0.25) is 5.10 Å². The second-order valence-corrected chi connectivity index (χ2v) is 3.68. The SMILES string of the molecule is C=C/C=C(\C=C)CCc1cc(C(=O)OCC)n[nH]1. The molecule has 0 unspecified atom stereocenters. The summed E-state index contributed by atoms with van der Waals surface area (Å²) in [6, 6.07) is 1.71. The predicted octanol–water partition coefficient (Wildman–Crippen LogP) is 2.82.